The Labute approximate surface area is 164 Å². The van der Waals surface area contributed by atoms with Crippen LogP contribution in [0.3, 0.4) is 0 Å². The number of thiocarbonyl (C=S) groups is 1. The average molecular weight is 493 g/mol. The molecule has 0 atom stereocenters. The number of hydrogen-bond donors (Lipinski definition) is 3. The summed E-state index contributed by atoms with van der Waals surface area (Å²) in [6.07, 6.45) is 0. The van der Waals surface area contributed by atoms with Gasteiger partial charge in [-0.25, -0.2) is 4.79 Å². The number of halogens is 3. The molecule has 3 N–H and O–H groups in total. The molecule has 0 heterocycles. The molecule has 9 heteroatoms. The Hall–Kier alpha value is -1.48. The van der Waals surface area contributed by atoms with Crippen LogP contribution in [-0.2, 0) is 0 Å². The van der Waals surface area contributed by atoms with E-state index in [0.29, 0.717) is 8.95 Å². The van der Waals surface area contributed by atoms with Crippen LogP contribution >= 0.6 is 55.7 Å². The summed E-state index contributed by atoms with van der Waals surface area (Å²) in [5, 5.41) is 14.7. The highest BCUT2D eigenvalue weighted by molar-refractivity contribution is 9.11. The highest BCUT2D eigenvalue weighted by Crippen LogP contribution is 2.31. The zero-order chi connectivity index (χ0) is 17.9. The van der Waals surface area contributed by atoms with Crippen molar-refractivity contribution >= 4 is 78.4 Å². The van der Waals surface area contributed by atoms with E-state index < -0.39 is 11.9 Å². The molecule has 2 aromatic carbocycles. The predicted octanol–water partition coefficient (Wildman–Crippen LogP) is 4.69. The van der Waals surface area contributed by atoms with E-state index in [1.165, 1.54) is 6.07 Å². The first kappa shape index (κ1) is 18.9. The smallest absolute Gasteiger partial charge is 0.337 e. The van der Waals surface area contributed by atoms with Crippen molar-refractivity contribution < 1.29 is 14.7 Å². The molecule has 2 aromatic rings. The molecule has 1 amide bonds. The molecule has 24 heavy (non-hydrogen) atoms. The molecule has 0 aliphatic carbocycles. The fourth-order valence-corrected chi connectivity index (χ4v) is 3.57. The topological polar surface area (TPSA) is 78.4 Å². The van der Waals surface area contributed by atoms with Gasteiger partial charge in [0.1, 0.15) is 0 Å². The maximum Gasteiger partial charge on any atom is 0.337 e. The lowest BCUT2D eigenvalue weighted by Crippen LogP contribution is -2.34. The minimum Gasteiger partial charge on any atom is -0.478 e. The quantitative estimate of drug-likeness (QED) is 0.542. The molecule has 0 aromatic heterocycles. The fraction of sp³-hybridized carbons (Fsp3) is 0. The normalized spacial score (nSPS) is 10.1. The molecule has 0 bridgehead atoms. The van der Waals surface area contributed by atoms with Crippen LogP contribution in [0.15, 0.2) is 45.3 Å². The van der Waals surface area contributed by atoms with Crippen molar-refractivity contribution in [2.45, 2.75) is 0 Å². The van der Waals surface area contributed by atoms with Gasteiger partial charge in [-0.05, 0) is 52.4 Å². The number of carboxylic acid groups (broad SMARTS) is 1. The van der Waals surface area contributed by atoms with Crippen molar-refractivity contribution in [3.05, 3.63) is 61.5 Å². The van der Waals surface area contributed by atoms with Gasteiger partial charge in [0.05, 0.1) is 21.8 Å². The van der Waals surface area contributed by atoms with E-state index in [0.717, 1.165) is 0 Å². The van der Waals surface area contributed by atoms with E-state index in [4.69, 9.17) is 23.8 Å². The number of rotatable bonds is 3. The molecular weight excluding hydrogens is 484 g/mol. The number of carbonyl (C=O) groups is 2. The van der Waals surface area contributed by atoms with E-state index >= 15 is 0 Å². The average Bonchev–Trinajstić information content (AvgIpc) is 2.49. The SMILES string of the molecule is O=C(NC(=S)Nc1c(Br)cc(Br)cc1C(=O)O)c1ccccc1Cl. The summed E-state index contributed by atoms with van der Waals surface area (Å²) in [6.45, 7) is 0. The number of carbonyl (C=O) groups excluding carboxylic acids is 1. The second kappa shape index (κ2) is 8.06. The lowest BCUT2D eigenvalue weighted by Gasteiger charge is -2.14. The van der Waals surface area contributed by atoms with Gasteiger partial charge in [0.2, 0.25) is 0 Å². The first-order valence-corrected chi connectivity index (χ1v) is 8.76. The molecule has 0 fully saturated rings. The van der Waals surface area contributed by atoms with E-state index in [1.54, 1.807) is 30.3 Å². The van der Waals surface area contributed by atoms with Gasteiger partial charge in [-0.15, -0.1) is 0 Å². The van der Waals surface area contributed by atoms with Crippen LogP contribution in [0.4, 0.5) is 5.69 Å². The molecule has 0 unspecified atom stereocenters. The van der Waals surface area contributed by atoms with Crippen LogP contribution < -0.4 is 10.6 Å². The van der Waals surface area contributed by atoms with Gasteiger partial charge in [0.25, 0.3) is 5.91 Å². The van der Waals surface area contributed by atoms with Crippen molar-refractivity contribution in [3.8, 4) is 0 Å². The summed E-state index contributed by atoms with van der Waals surface area (Å²) < 4.78 is 1.06. The molecule has 0 aliphatic heterocycles. The van der Waals surface area contributed by atoms with Crippen molar-refractivity contribution in [1.29, 1.82) is 0 Å². The second-order valence-electron chi connectivity index (χ2n) is 4.50. The molecule has 0 saturated heterocycles. The summed E-state index contributed by atoms with van der Waals surface area (Å²) in [5.74, 6) is -1.64. The summed E-state index contributed by atoms with van der Waals surface area (Å²) in [4.78, 5) is 23.5. The van der Waals surface area contributed by atoms with Gasteiger partial charge in [-0.2, -0.15) is 0 Å². The minimum atomic E-state index is -1.14. The molecule has 2 rings (SSSR count). The molecule has 0 spiro atoms. The number of aromatic carboxylic acids is 1. The highest BCUT2D eigenvalue weighted by atomic mass is 79.9. The third-order valence-electron chi connectivity index (χ3n) is 2.87. The van der Waals surface area contributed by atoms with E-state index in [9.17, 15) is 14.7 Å². The lowest BCUT2D eigenvalue weighted by molar-refractivity contribution is 0.0697. The summed E-state index contributed by atoms with van der Waals surface area (Å²) in [7, 11) is 0. The van der Waals surface area contributed by atoms with Crippen molar-refractivity contribution in [2.24, 2.45) is 0 Å². The van der Waals surface area contributed by atoms with Gasteiger partial charge < -0.3 is 10.4 Å². The molecule has 0 radical (unpaired) electrons. The summed E-state index contributed by atoms with van der Waals surface area (Å²) in [5.41, 5.74) is 0.484. The number of anilines is 1. The van der Waals surface area contributed by atoms with E-state index in [1.807, 2.05) is 0 Å². The molecular formula is C15H9Br2ClN2O3S. The number of carboxylic acids is 1. The first-order valence-electron chi connectivity index (χ1n) is 6.38. The predicted molar refractivity (Wildman–Crippen MR) is 104 cm³/mol. The first-order chi connectivity index (χ1) is 11.3. The highest BCUT2D eigenvalue weighted by Gasteiger charge is 2.17. The monoisotopic (exact) mass is 490 g/mol. The van der Waals surface area contributed by atoms with Crippen LogP contribution in [0.2, 0.25) is 5.02 Å². The maximum atomic E-state index is 12.2. The third kappa shape index (κ3) is 4.54. The largest absolute Gasteiger partial charge is 0.478 e. The molecule has 124 valence electrons. The second-order valence-corrected chi connectivity index (χ2v) is 7.09. The van der Waals surface area contributed by atoms with E-state index in [-0.39, 0.29) is 26.9 Å². The number of hydrogen-bond acceptors (Lipinski definition) is 3. The lowest BCUT2D eigenvalue weighted by atomic mass is 10.2. The Bertz CT molecular complexity index is 845. The minimum absolute atomic E-state index is 0.00871. The zero-order valence-electron chi connectivity index (χ0n) is 11.8. The number of benzene rings is 2. The van der Waals surface area contributed by atoms with Gasteiger partial charge in [-0.3, -0.25) is 10.1 Å². The Morgan fingerprint density at radius 1 is 1.12 bits per heavy atom. The summed E-state index contributed by atoms with van der Waals surface area (Å²) >= 11 is 17.5. The van der Waals surface area contributed by atoms with Crippen molar-refractivity contribution in [1.82, 2.24) is 5.32 Å². The number of nitrogens with one attached hydrogen (secondary N) is 2. The standard InChI is InChI=1S/C15H9Br2ClN2O3S/c16-7-5-9(14(22)23)12(10(17)6-7)19-15(24)20-13(21)8-3-1-2-4-11(8)18/h1-6H,(H,22,23)(H2,19,20,21,24). The Morgan fingerprint density at radius 3 is 2.42 bits per heavy atom. The van der Waals surface area contributed by atoms with Gasteiger partial charge in [0, 0.05) is 8.95 Å². The molecule has 5 nitrogen and oxygen atoms in total. The van der Waals surface area contributed by atoms with Crippen LogP contribution in [0.5, 0.6) is 0 Å². The Morgan fingerprint density at radius 2 is 1.79 bits per heavy atom. The van der Waals surface area contributed by atoms with E-state index in [2.05, 4.69) is 42.5 Å². The van der Waals surface area contributed by atoms with Crippen LogP contribution in [0.25, 0.3) is 0 Å². The number of amides is 1. The van der Waals surface area contributed by atoms with Crippen molar-refractivity contribution in [2.75, 3.05) is 5.32 Å². The van der Waals surface area contributed by atoms with Crippen LogP contribution in [-0.4, -0.2) is 22.1 Å². The Balaban J connectivity index is 2.20. The third-order valence-corrected chi connectivity index (χ3v) is 4.49. The van der Waals surface area contributed by atoms with Crippen molar-refractivity contribution in [3.63, 3.8) is 0 Å². The fourth-order valence-electron chi connectivity index (χ4n) is 1.83. The van der Waals surface area contributed by atoms with Gasteiger partial charge in [-0.1, -0.05) is 39.7 Å². The van der Waals surface area contributed by atoms with Gasteiger partial charge in [0.15, 0.2) is 5.11 Å². The molecule has 0 saturated carbocycles. The Kier molecular flexibility index (Phi) is 6.34. The van der Waals surface area contributed by atoms with Gasteiger partial charge >= 0.3 is 5.97 Å². The zero-order valence-corrected chi connectivity index (χ0v) is 16.5. The molecule has 0 aliphatic rings. The van der Waals surface area contributed by atoms with Crippen LogP contribution in [0.1, 0.15) is 20.7 Å². The maximum absolute atomic E-state index is 12.2. The van der Waals surface area contributed by atoms with Crippen LogP contribution in [0, 0.1) is 0 Å². The summed E-state index contributed by atoms with van der Waals surface area (Å²) in [6, 6.07) is 9.60.